The average Bonchev–Trinajstić information content (AvgIpc) is 2.64. The van der Waals surface area contributed by atoms with E-state index in [9.17, 15) is 0 Å². The van der Waals surface area contributed by atoms with Gasteiger partial charge in [-0.3, -0.25) is 0 Å². The summed E-state index contributed by atoms with van der Waals surface area (Å²) in [6, 6.07) is 2.52. The molecule has 0 bridgehead atoms. The van der Waals surface area contributed by atoms with Gasteiger partial charge in [0, 0.05) is 6.04 Å². The van der Waals surface area contributed by atoms with Gasteiger partial charge in [-0.1, -0.05) is 19.8 Å². The normalized spacial score (nSPS) is 29.0. The third-order valence-electron chi connectivity index (χ3n) is 3.46. The maximum atomic E-state index is 6.35. The Morgan fingerprint density at radius 2 is 2.33 bits per heavy atom. The van der Waals surface area contributed by atoms with Crippen LogP contribution >= 0.6 is 33.9 Å². The summed E-state index contributed by atoms with van der Waals surface area (Å²) in [6.07, 6.45) is 5.39. The second kappa shape index (κ2) is 5.15. The van der Waals surface area contributed by atoms with Crippen molar-refractivity contribution in [3.63, 3.8) is 0 Å². The van der Waals surface area contributed by atoms with Crippen molar-refractivity contribution in [3.8, 4) is 0 Å². The largest absolute Gasteiger partial charge is 0.324 e. The third-order valence-corrected chi connectivity index (χ3v) is 5.26. The summed E-state index contributed by atoms with van der Waals surface area (Å²) < 4.78 is 1.35. The van der Waals surface area contributed by atoms with Gasteiger partial charge in [0.25, 0.3) is 0 Å². The van der Waals surface area contributed by atoms with Crippen molar-refractivity contribution < 1.29 is 0 Å². The number of rotatable bonds is 2. The molecule has 3 atom stereocenters. The molecule has 1 fully saturated rings. The van der Waals surface area contributed by atoms with Crippen molar-refractivity contribution in [3.05, 3.63) is 19.9 Å². The van der Waals surface area contributed by atoms with E-state index in [4.69, 9.17) is 5.73 Å². The van der Waals surface area contributed by atoms with Gasteiger partial charge in [-0.05, 0) is 64.3 Å². The zero-order chi connectivity index (χ0) is 10.8. The van der Waals surface area contributed by atoms with Crippen LogP contribution in [0.2, 0.25) is 0 Å². The lowest BCUT2D eigenvalue weighted by atomic mass is 9.77. The van der Waals surface area contributed by atoms with E-state index >= 15 is 0 Å². The third kappa shape index (κ3) is 2.94. The predicted molar refractivity (Wildman–Crippen MR) is 75.1 cm³/mol. The van der Waals surface area contributed by atoms with Crippen LogP contribution in [0.15, 0.2) is 11.4 Å². The summed E-state index contributed by atoms with van der Waals surface area (Å²) in [5, 5.41) is 2.23. The SMILES string of the molecule is CC1CCCC(C(N)c2csc(I)c2)C1. The first kappa shape index (κ1) is 11.9. The minimum atomic E-state index is 0.271. The van der Waals surface area contributed by atoms with E-state index in [2.05, 4.69) is 41.0 Å². The first-order valence-corrected chi connectivity index (χ1v) is 7.62. The van der Waals surface area contributed by atoms with Gasteiger partial charge in [0.05, 0.1) is 2.88 Å². The number of nitrogens with two attached hydrogens (primary N) is 1. The highest BCUT2D eigenvalue weighted by Crippen LogP contribution is 2.37. The molecule has 0 radical (unpaired) electrons. The molecule has 1 saturated carbocycles. The molecule has 1 aromatic heterocycles. The van der Waals surface area contributed by atoms with Crippen LogP contribution in [0.4, 0.5) is 0 Å². The van der Waals surface area contributed by atoms with Gasteiger partial charge >= 0.3 is 0 Å². The second-order valence-corrected chi connectivity index (χ2v) is 7.55. The van der Waals surface area contributed by atoms with Gasteiger partial charge in [-0.15, -0.1) is 11.3 Å². The fraction of sp³-hybridized carbons (Fsp3) is 0.667. The summed E-state index contributed by atoms with van der Waals surface area (Å²) in [4.78, 5) is 0. The average molecular weight is 335 g/mol. The van der Waals surface area contributed by atoms with Crippen molar-refractivity contribution in [2.45, 2.75) is 38.6 Å². The van der Waals surface area contributed by atoms with Crippen molar-refractivity contribution in [2.24, 2.45) is 17.6 Å². The predicted octanol–water partition coefficient (Wildman–Crippen LogP) is 4.18. The van der Waals surface area contributed by atoms with Crippen LogP contribution < -0.4 is 5.73 Å². The molecule has 0 amide bonds. The minimum Gasteiger partial charge on any atom is -0.324 e. The number of hydrogen-bond donors (Lipinski definition) is 1. The van der Waals surface area contributed by atoms with Crippen molar-refractivity contribution in [1.82, 2.24) is 0 Å². The van der Waals surface area contributed by atoms with Gasteiger partial charge < -0.3 is 5.73 Å². The maximum Gasteiger partial charge on any atom is 0.0656 e. The van der Waals surface area contributed by atoms with Crippen LogP contribution in [0.25, 0.3) is 0 Å². The summed E-state index contributed by atoms with van der Waals surface area (Å²) in [6.45, 7) is 2.36. The Labute approximate surface area is 110 Å². The van der Waals surface area contributed by atoms with Gasteiger partial charge in [-0.25, -0.2) is 0 Å². The Balaban J connectivity index is 2.03. The van der Waals surface area contributed by atoms with E-state index in [1.165, 1.54) is 34.1 Å². The molecule has 0 saturated heterocycles. The van der Waals surface area contributed by atoms with E-state index in [0.29, 0.717) is 5.92 Å². The molecule has 84 valence electrons. The van der Waals surface area contributed by atoms with Crippen LogP contribution in [-0.4, -0.2) is 0 Å². The van der Waals surface area contributed by atoms with E-state index in [1.54, 1.807) is 11.3 Å². The van der Waals surface area contributed by atoms with Crippen LogP contribution in [0.1, 0.15) is 44.2 Å². The van der Waals surface area contributed by atoms with Gasteiger partial charge in [-0.2, -0.15) is 0 Å². The van der Waals surface area contributed by atoms with Crippen molar-refractivity contribution in [1.29, 1.82) is 0 Å². The molecular formula is C12H18INS. The van der Waals surface area contributed by atoms with E-state index in [0.717, 1.165) is 5.92 Å². The summed E-state index contributed by atoms with van der Waals surface area (Å²) >= 11 is 4.18. The van der Waals surface area contributed by atoms with Crippen LogP contribution in [-0.2, 0) is 0 Å². The van der Waals surface area contributed by atoms with Crippen LogP contribution in [0.5, 0.6) is 0 Å². The quantitative estimate of drug-likeness (QED) is 0.806. The van der Waals surface area contributed by atoms with Gasteiger partial charge in [0.2, 0.25) is 0 Å². The first-order chi connectivity index (χ1) is 7.16. The topological polar surface area (TPSA) is 26.0 Å². The smallest absolute Gasteiger partial charge is 0.0656 e. The van der Waals surface area contributed by atoms with E-state index in [-0.39, 0.29) is 6.04 Å². The van der Waals surface area contributed by atoms with Gasteiger partial charge in [0.1, 0.15) is 0 Å². The molecule has 1 aliphatic carbocycles. The zero-order valence-corrected chi connectivity index (χ0v) is 12.1. The molecule has 1 nitrogen and oxygen atoms in total. The van der Waals surface area contributed by atoms with E-state index < -0.39 is 0 Å². The Morgan fingerprint density at radius 3 is 2.93 bits per heavy atom. The molecule has 2 rings (SSSR count). The highest BCUT2D eigenvalue weighted by Gasteiger charge is 2.25. The zero-order valence-electron chi connectivity index (χ0n) is 9.08. The number of thiophene rings is 1. The number of halogens is 1. The Morgan fingerprint density at radius 1 is 1.53 bits per heavy atom. The Bertz CT molecular complexity index is 323. The summed E-state index contributed by atoms with van der Waals surface area (Å²) in [7, 11) is 0. The molecule has 3 unspecified atom stereocenters. The first-order valence-electron chi connectivity index (χ1n) is 5.66. The molecular weight excluding hydrogens is 317 g/mol. The highest BCUT2D eigenvalue weighted by molar-refractivity contribution is 14.1. The lowest BCUT2D eigenvalue weighted by Gasteiger charge is -2.30. The molecule has 1 heterocycles. The summed E-state index contributed by atoms with van der Waals surface area (Å²) in [5.41, 5.74) is 7.70. The molecule has 15 heavy (non-hydrogen) atoms. The van der Waals surface area contributed by atoms with E-state index in [1.807, 2.05) is 0 Å². The molecule has 0 aromatic carbocycles. The fourth-order valence-electron chi connectivity index (χ4n) is 2.58. The monoisotopic (exact) mass is 335 g/mol. The lowest BCUT2D eigenvalue weighted by molar-refractivity contribution is 0.248. The molecule has 0 aliphatic heterocycles. The second-order valence-electron chi connectivity index (χ2n) is 4.74. The highest BCUT2D eigenvalue weighted by atomic mass is 127. The minimum absolute atomic E-state index is 0.271. The number of hydrogen-bond acceptors (Lipinski definition) is 2. The molecule has 1 aromatic rings. The van der Waals surface area contributed by atoms with Crippen LogP contribution in [0, 0.1) is 14.7 Å². The standard InChI is InChI=1S/C12H18INS/c1-8-3-2-4-9(5-8)12(14)10-6-11(13)15-7-10/h6-9,12H,2-5,14H2,1H3. The van der Waals surface area contributed by atoms with Crippen molar-refractivity contribution >= 4 is 33.9 Å². The maximum absolute atomic E-state index is 6.35. The Hall–Kier alpha value is 0.390. The van der Waals surface area contributed by atoms with Gasteiger partial charge in [0.15, 0.2) is 0 Å². The molecule has 1 aliphatic rings. The Kier molecular flexibility index (Phi) is 4.07. The van der Waals surface area contributed by atoms with Crippen LogP contribution in [0.3, 0.4) is 0 Å². The molecule has 0 spiro atoms. The molecule has 2 N–H and O–H groups in total. The molecule has 3 heteroatoms. The lowest BCUT2D eigenvalue weighted by Crippen LogP contribution is -2.25. The fourth-order valence-corrected chi connectivity index (χ4v) is 4.00. The summed E-state index contributed by atoms with van der Waals surface area (Å²) in [5.74, 6) is 1.58. The van der Waals surface area contributed by atoms with Crippen molar-refractivity contribution in [2.75, 3.05) is 0 Å².